The minimum absolute atomic E-state index is 0.435. The highest BCUT2D eigenvalue weighted by Crippen LogP contribution is 2.63. The van der Waals surface area contributed by atoms with Crippen molar-refractivity contribution >= 4 is 10.8 Å². The monoisotopic (exact) mass is 825 g/mol. The molecule has 0 fully saturated rings. The molecular formula is C62H39N3. The number of benzene rings is 10. The van der Waals surface area contributed by atoms with E-state index >= 15 is 0 Å². The lowest BCUT2D eigenvalue weighted by atomic mass is 9.70. The highest BCUT2D eigenvalue weighted by atomic mass is 15.0. The zero-order chi connectivity index (χ0) is 42.9. The summed E-state index contributed by atoms with van der Waals surface area (Å²) in [6, 6.07) is 85.6. The summed E-state index contributed by atoms with van der Waals surface area (Å²) in [5.41, 5.74) is 20.1. The Kier molecular flexibility index (Phi) is 8.44. The Morgan fingerprint density at radius 2 is 0.631 bits per heavy atom. The van der Waals surface area contributed by atoms with E-state index in [0.29, 0.717) is 17.5 Å². The van der Waals surface area contributed by atoms with Crippen molar-refractivity contribution in [1.29, 1.82) is 0 Å². The molecule has 3 heteroatoms. The van der Waals surface area contributed by atoms with Gasteiger partial charge in [0, 0.05) is 16.7 Å². The average Bonchev–Trinajstić information content (AvgIpc) is 3.85. The molecule has 3 nitrogen and oxygen atoms in total. The fourth-order valence-electron chi connectivity index (χ4n) is 10.7. The first-order valence-corrected chi connectivity index (χ1v) is 22.3. The van der Waals surface area contributed by atoms with Crippen LogP contribution in [0.15, 0.2) is 237 Å². The van der Waals surface area contributed by atoms with Crippen molar-refractivity contribution in [3.05, 3.63) is 259 Å². The predicted octanol–water partition coefficient (Wildman–Crippen LogP) is 15.4. The quantitative estimate of drug-likeness (QED) is 0.168. The number of fused-ring (bicyclic) bond motifs is 11. The second-order valence-electron chi connectivity index (χ2n) is 17.0. The van der Waals surface area contributed by atoms with Crippen LogP contribution in [0.3, 0.4) is 0 Å². The van der Waals surface area contributed by atoms with Crippen molar-refractivity contribution in [1.82, 2.24) is 15.0 Å². The van der Waals surface area contributed by atoms with E-state index in [1.165, 1.54) is 77.5 Å². The molecule has 2 aliphatic carbocycles. The number of hydrogen-bond donors (Lipinski definition) is 0. The average molecular weight is 826 g/mol. The van der Waals surface area contributed by atoms with Gasteiger partial charge in [0.05, 0.1) is 5.41 Å². The Morgan fingerprint density at radius 1 is 0.231 bits per heavy atom. The van der Waals surface area contributed by atoms with Gasteiger partial charge in [-0.05, 0) is 101 Å². The molecule has 0 amide bonds. The summed E-state index contributed by atoms with van der Waals surface area (Å²) in [4.78, 5) is 14.8. The molecule has 11 aromatic rings. The van der Waals surface area contributed by atoms with E-state index in [1.54, 1.807) is 0 Å². The Labute approximate surface area is 378 Å². The van der Waals surface area contributed by atoms with Gasteiger partial charge in [-0.1, -0.05) is 224 Å². The highest BCUT2D eigenvalue weighted by Gasteiger charge is 2.51. The van der Waals surface area contributed by atoms with Crippen molar-refractivity contribution in [3.63, 3.8) is 0 Å². The molecule has 0 saturated carbocycles. The normalized spacial score (nSPS) is 12.7. The van der Waals surface area contributed by atoms with E-state index in [1.807, 2.05) is 60.7 Å². The van der Waals surface area contributed by atoms with Crippen LogP contribution in [0.1, 0.15) is 22.3 Å². The van der Waals surface area contributed by atoms with Crippen LogP contribution in [0, 0.1) is 0 Å². The lowest BCUT2D eigenvalue weighted by molar-refractivity contribution is 0.794. The lowest BCUT2D eigenvalue weighted by Gasteiger charge is -2.31. The molecule has 2 aliphatic rings. The minimum atomic E-state index is -0.435. The van der Waals surface area contributed by atoms with Crippen molar-refractivity contribution in [2.24, 2.45) is 0 Å². The molecule has 10 aromatic carbocycles. The van der Waals surface area contributed by atoms with Gasteiger partial charge >= 0.3 is 0 Å². The van der Waals surface area contributed by atoms with Gasteiger partial charge in [-0.3, -0.25) is 0 Å². The van der Waals surface area contributed by atoms with Crippen LogP contribution in [-0.4, -0.2) is 15.0 Å². The third kappa shape index (κ3) is 5.79. The summed E-state index contributed by atoms with van der Waals surface area (Å²) in [5, 5.41) is 2.48. The SMILES string of the molecule is c1ccc(-c2nc(-c3ccccc3)nc(-c3ccc(-c4ccc(-c5cc6c(cc5-c5cccc7ccccc57)-c5ccccc5C65c6ccccc6-c6ccccc65)cc4)cc3)n2)cc1. The predicted molar refractivity (Wildman–Crippen MR) is 266 cm³/mol. The smallest absolute Gasteiger partial charge is 0.164 e. The summed E-state index contributed by atoms with van der Waals surface area (Å²) >= 11 is 0. The summed E-state index contributed by atoms with van der Waals surface area (Å²) in [6.07, 6.45) is 0. The largest absolute Gasteiger partial charge is 0.208 e. The highest BCUT2D eigenvalue weighted by molar-refractivity contribution is 6.04. The molecule has 302 valence electrons. The Morgan fingerprint density at radius 3 is 1.18 bits per heavy atom. The van der Waals surface area contributed by atoms with E-state index in [0.717, 1.165) is 27.8 Å². The Hall–Kier alpha value is -8.53. The first-order chi connectivity index (χ1) is 32.2. The summed E-state index contributed by atoms with van der Waals surface area (Å²) in [6.45, 7) is 0. The van der Waals surface area contributed by atoms with E-state index in [9.17, 15) is 0 Å². The van der Waals surface area contributed by atoms with Gasteiger partial charge in [-0.2, -0.15) is 0 Å². The summed E-state index contributed by atoms with van der Waals surface area (Å²) in [7, 11) is 0. The fourth-order valence-corrected chi connectivity index (χ4v) is 10.7. The molecule has 0 N–H and O–H groups in total. The van der Waals surface area contributed by atoms with Gasteiger partial charge in [-0.15, -0.1) is 0 Å². The van der Waals surface area contributed by atoms with Crippen LogP contribution in [-0.2, 0) is 5.41 Å². The minimum Gasteiger partial charge on any atom is -0.208 e. The van der Waals surface area contributed by atoms with Crippen LogP contribution in [0.2, 0.25) is 0 Å². The Balaban J connectivity index is 0.948. The van der Waals surface area contributed by atoms with Crippen LogP contribution in [0.5, 0.6) is 0 Å². The molecule has 0 atom stereocenters. The number of rotatable bonds is 6. The topological polar surface area (TPSA) is 38.7 Å². The molecule has 0 unspecified atom stereocenters. The van der Waals surface area contributed by atoms with Crippen molar-refractivity contribution in [2.75, 3.05) is 0 Å². The second-order valence-corrected chi connectivity index (χ2v) is 17.0. The maximum atomic E-state index is 4.97. The first-order valence-electron chi connectivity index (χ1n) is 22.3. The van der Waals surface area contributed by atoms with Gasteiger partial charge in [0.2, 0.25) is 0 Å². The molecule has 1 heterocycles. The maximum Gasteiger partial charge on any atom is 0.164 e. The van der Waals surface area contributed by atoms with Crippen molar-refractivity contribution in [3.8, 4) is 89.8 Å². The van der Waals surface area contributed by atoms with Gasteiger partial charge in [-0.25, -0.2) is 15.0 Å². The third-order valence-corrected chi connectivity index (χ3v) is 13.6. The fraction of sp³-hybridized carbons (Fsp3) is 0.0161. The van der Waals surface area contributed by atoms with Gasteiger partial charge in [0.15, 0.2) is 17.5 Å². The zero-order valence-corrected chi connectivity index (χ0v) is 35.4. The second kappa shape index (κ2) is 14.8. The molecule has 65 heavy (non-hydrogen) atoms. The van der Waals surface area contributed by atoms with Crippen molar-refractivity contribution < 1.29 is 0 Å². The summed E-state index contributed by atoms with van der Waals surface area (Å²) < 4.78 is 0. The first kappa shape index (κ1) is 37.1. The van der Waals surface area contributed by atoms with Crippen LogP contribution < -0.4 is 0 Å². The molecule has 1 spiro atoms. The van der Waals surface area contributed by atoms with Crippen LogP contribution >= 0.6 is 0 Å². The molecule has 0 saturated heterocycles. The molecule has 0 radical (unpaired) electrons. The van der Waals surface area contributed by atoms with Gasteiger partial charge < -0.3 is 0 Å². The van der Waals surface area contributed by atoms with E-state index in [4.69, 9.17) is 15.0 Å². The molecular weight excluding hydrogens is 787 g/mol. The Bertz CT molecular complexity index is 3520. The zero-order valence-electron chi connectivity index (χ0n) is 35.4. The number of hydrogen-bond acceptors (Lipinski definition) is 3. The van der Waals surface area contributed by atoms with Crippen LogP contribution in [0.4, 0.5) is 0 Å². The maximum absolute atomic E-state index is 4.97. The van der Waals surface area contributed by atoms with Crippen molar-refractivity contribution in [2.45, 2.75) is 5.41 Å². The summed E-state index contributed by atoms with van der Waals surface area (Å²) in [5.74, 6) is 1.95. The van der Waals surface area contributed by atoms with E-state index in [-0.39, 0.29) is 0 Å². The number of nitrogens with zero attached hydrogens (tertiary/aromatic N) is 3. The standard InChI is InChI=1S/C62H39N3/c1-3-17-44(18-4-1)59-63-60(45-19-5-2-6-20-45)65-61(64-59)46-36-32-41(33-37-46)40-30-34-43(35-31-40)52-39-58-54(38-53(52)48-26-15-21-42-16-7-8-22-47(42)48)51-25-11-14-29-57(51)62(58)55-27-12-9-23-49(55)50-24-10-13-28-56(50)62/h1-39H. The van der Waals surface area contributed by atoms with Gasteiger partial charge in [0.1, 0.15) is 0 Å². The molecule has 0 aliphatic heterocycles. The van der Waals surface area contributed by atoms with E-state index in [2.05, 4.69) is 176 Å². The van der Waals surface area contributed by atoms with Crippen LogP contribution in [0.25, 0.3) is 101 Å². The lowest BCUT2D eigenvalue weighted by Crippen LogP contribution is -2.25. The third-order valence-electron chi connectivity index (χ3n) is 13.6. The van der Waals surface area contributed by atoms with Gasteiger partial charge in [0.25, 0.3) is 0 Å². The molecule has 1 aromatic heterocycles. The van der Waals surface area contributed by atoms with E-state index < -0.39 is 5.41 Å². The molecule has 13 rings (SSSR count). The number of aromatic nitrogens is 3. The molecule has 0 bridgehead atoms.